The van der Waals surface area contributed by atoms with Gasteiger partial charge in [-0.25, -0.2) is 4.98 Å². The minimum absolute atomic E-state index is 0.652. The van der Waals surface area contributed by atoms with Gasteiger partial charge in [0.2, 0.25) is 5.88 Å². The lowest BCUT2D eigenvalue weighted by atomic mass is 9.97. The van der Waals surface area contributed by atoms with E-state index in [2.05, 4.69) is 40.2 Å². The zero-order chi connectivity index (χ0) is 14.3. The van der Waals surface area contributed by atoms with Crippen LogP contribution in [0.15, 0.2) is 54.7 Å². The number of ether oxygens (including phenoxy) is 1. The fraction of sp³-hybridized carbons (Fsp3) is 0.389. The van der Waals surface area contributed by atoms with Gasteiger partial charge in [0.15, 0.2) is 0 Å². The second-order valence-corrected chi connectivity index (χ2v) is 5.68. The van der Waals surface area contributed by atoms with Crippen molar-refractivity contribution in [2.45, 2.75) is 19.4 Å². The van der Waals surface area contributed by atoms with E-state index in [9.17, 15) is 0 Å². The number of aromatic nitrogens is 1. The van der Waals surface area contributed by atoms with Crippen LogP contribution in [0.1, 0.15) is 18.4 Å². The van der Waals surface area contributed by atoms with Crippen molar-refractivity contribution in [1.29, 1.82) is 0 Å². The number of rotatable bonds is 5. The molecule has 0 aliphatic carbocycles. The zero-order valence-electron chi connectivity index (χ0n) is 12.3. The number of likely N-dealkylation sites (tertiary alicyclic amines) is 1. The highest BCUT2D eigenvalue weighted by Crippen LogP contribution is 2.20. The Morgan fingerprint density at radius 1 is 1.00 bits per heavy atom. The Morgan fingerprint density at radius 2 is 1.76 bits per heavy atom. The molecule has 1 aromatic carbocycles. The van der Waals surface area contributed by atoms with Crippen LogP contribution in [-0.4, -0.2) is 29.6 Å². The van der Waals surface area contributed by atoms with Gasteiger partial charge in [-0.05, 0) is 43.5 Å². The Morgan fingerprint density at radius 3 is 2.48 bits per heavy atom. The number of pyridine rings is 1. The van der Waals surface area contributed by atoms with E-state index in [-0.39, 0.29) is 0 Å². The first-order valence-corrected chi connectivity index (χ1v) is 7.70. The SMILES string of the molecule is c1ccc(CN2CCC(COc3ccccn3)CC2)cc1. The third-order valence-electron chi connectivity index (χ3n) is 4.06. The van der Waals surface area contributed by atoms with Gasteiger partial charge >= 0.3 is 0 Å². The Labute approximate surface area is 126 Å². The average Bonchev–Trinajstić information content (AvgIpc) is 2.56. The fourth-order valence-corrected chi connectivity index (χ4v) is 2.79. The molecule has 0 saturated carbocycles. The maximum atomic E-state index is 5.77. The third kappa shape index (κ3) is 4.30. The Hall–Kier alpha value is -1.87. The molecule has 1 aliphatic heterocycles. The quantitative estimate of drug-likeness (QED) is 0.840. The standard InChI is InChI=1S/C18H22N2O/c1-2-6-16(7-3-1)14-20-12-9-17(10-13-20)15-21-18-8-4-5-11-19-18/h1-8,11,17H,9-10,12-15H2. The molecule has 2 heterocycles. The lowest BCUT2D eigenvalue weighted by molar-refractivity contribution is 0.134. The number of piperidine rings is 1. The van der Waals surface area contributed by atoms with Gasteiger partial charge in [-0.15, -0.1) is 0 Å². The van der Waals surface area contributed by atoms with Crippen LogP contribution in [0.4, 0.5) is 0 Å². The van der Waals surface area contributed by atoms with Gasteiger partial charge in [0.05, 0.1) is 6.61 Å². The summed E-state index contributed by atoms with van der Waals surface area (Å²) >= 11 is 0. The lowest BCUT2D eigenvalue weighted by Crippen LogP contribution is -2.35. The van der Waals surface area contributed by atoms with E-state index in [1.54, 1.807) is 6.20 Å². The van der Waals surface area contributed by atoms with Crippen molar-refractivity contribution in [2.24, 2.45) is 5.92 Å². The van der Waals surface area contributed by atoms with Gasteiger partial charge in [0.1, 0.15) is 0 Å². The lowest BCUT2D eigenvalue weighted by Gasteiger charge is -2.31. The predicted molar refractivity (Wildman–Crippen MR) is 84.2 cm³/mol. The van der Waals surface area contributed by atoms with Crippen LogP contribution >= 0.6 is 0 Å². The van der Waals surface area contributed by atoms with Crippen LogP contribution in [-0.2, 0) is 6.54 Å². The van der Waals surface area contributed by atoms with Crippen LogP contribution in [0, 0.1) is 5.92 Å². The van der Waals surface area contributed by atoms with Gasteiger partial charge in [0.25, 0.3) is 0 Å². The second kappa shape index (κ2) is 7.23. The zero-order valence-corrected chi connectivity index (χ0v) is 12.3. The smallest absolute Gasteiger partial charge is 0.213 e. The Bertz CT molecular complexity index is 521. The molecule has 1 saturated heterocycles. The van der Waals surface area contributed by atoms with Crippen LogP contribution < -0.4 is 4.74 Å². The maximum absolute atomic E-state index is 5.77. The fourth-order valence-electron chi connectivity index (χ4n) is 2.79. The summed E-state index contributed by atoms with van der Waals surface area (Å²) in [6.07, 6.45) is 4.19. The molecule has 110 valence electrons. The molecule has 1 fully saturated rings. The molecule has 2 aromatic rings. The average molecular weight is 282 g/mol. The van der Waals surface area contributed by atoms with E-state index in [4.69, 9.17) is 4.74 Å². The number of hydrogen-bond acceptors (Lipinski definition) is 3. The highest BCUT2D eigenvalue weighted by molar-refractivity contribution is 5.14. The topological polar surface area (TPSA) is 25.4 Å². The van der Waals surface area contributed by atoms with Gasteiger partial charge in [-0.2, -0.15) is 0 Å². The molecule has 0 atom stereocenters. The Kier molecular flexibility index (Phi) is 4.85. The van der Waals surface area contributed by atoms with Crippen molar-refractivity contribution in [1.82, 2.24) is 9.88 Å². The molecule has 3 nitrogen and oxygen atoms in total. The summed E-state index contributed by atoms with van der Waals surface area (Å²) in [6.45, 7) is 4.17. The minimum Gasteiger partial charge on any atom is -0.477 e. The van der Waals surface area contributed by atoms with Gasteiger partial charge < -0.3 is 4.74 Å². The highest BCUT2D eigenvalue weighted by atomic mass is 16.5. The summed E-state index contributed by atoms with van der Waals surface area (Å²) in [5, 5.41) is 0. The number of nitrogens with zero attached hydrogens (tertiary/aromatic N) is 2. The largest absolute Gasteiger partial charge is 0.477 e. The van der Waals surface area contributed by atoms with Crippen molar-refractivity contribution >= 4 is 0 Å². The van der Waals surface area contributed by atoms with Crippen molar-refractivity contribution in [3.8, 4) is 5.88 Å². The van der Waals surface area contributed by atoms with Crippen LogP contribution in [0.25, 0.3) is 0 Å². The first kappa shape index (κ1) is 14.1. The summed E-state index contributed by atoms with van der Waals surface area (Å²) < 4.78 is 5.77. The van der Waals surface area contributed by atoms with Crippen molar-refractivity contribution in [2.75, 3.05) is 19.7 Å². The maximum Gasteiger partial charge on any atom is 0.213 e. The normalized spacial score (nSPS) is 16.8. The van der Waals surface area contributed by atoms with Gasteiger partial charge in [0, 0.05) is 18.8 Å². The van der Waals surface area contributed by atoms with Crippen molar-refractivity contribution in [3.63, 3.8) is 0 Å². The molecule has 0 N–H and O–H groups in total. The van der Waals surface area contributed by atoms with Gasteiger partial charge in [-0.3, -0.25) is 4.90 Å². The van der Waals surface area contributed by atoms with E-state index in [1.165, 1.54) is 18.4 Å². The van der Waals surface area contributed by atoms with E-state index in [0.29, 0.717) is 5.92 Å². The predicted octanol–water partition coefficient (Wildman–Crippen LogP) is 3.37. The van der Waals surface area contributed by atoms with Crippen LogP contribution in [0.5, 0.6) is 5.88 Å². The molecular formula is C18H22N2O. The van der Waals surface area contributed by atoms with Crippen molar-refractivity contribution < 1.29 is 4.74 Å². The molecule has 1 aliphatic rings. The van der Waals surface area contributed by atoms with Gasteiger partial charge in [-0.1, -0.05) is 36.4 Å². The summed E-state index contributed by atoms with van der Waals surface area (Å²) in [6, 6.07) is 16.5. The molecular weight excluding hydrogens is 260 g/mol. The first-order valence-electron chi connectivity index (χ1n) is 7.70. The molecule has 1 aromatic heterocycles. The minimum atomic E-state index is 0.652. The monoisotopic (exact) mass is 282 g/mol. The molecule has 0 unspecified atom stereocenters. The van der Waals surface area contributed by atoms with Crippen LogP contribution in [0.2, 0.25) is 0 Å². The molecule has 0 spiro atoms. The first-order chi connectivity index (χ1) is 10.4. The number of hydrogen-bond donors (Lipinski definition) is 0. The molecule has 0 radical (unpaired) electrons. The second-order valence-electron chi connectivity index (χ2n) is 5.68. The van der Waals surface area contributed by atoms with E-state index < -0.39 is 0 Å². The highest BCUT2D eigenvalue weighted by Gasteiger charge is 2.19. The summed E-state index contributed by atoms with van der Waals surface area (Å²) in [5.74, 6) is 1.39. The molecule has 0 amide bonds. The summed E-state index contributed by atoms with van der Waals surface area (Å²) in [4.78, 5) is 6.74. The summed E-state index contributed by atoms with van der Waals surface area (Å²) in [7, 11) is 0. The molecule has 21 heavy (non-hydrogen) atoms. The molecule has 3 rings (SSSR count). The van der Waals surface area contributed by atoms with E-state index in [1.807, 2.05) is 18.2 Å². The molecule has 3 heteroatoms. The summed E-state index contributed by atoms with van der Waals surface area (Å²) in [5.41, 5.74) is 1.40. The van der Waals surface area contributed by atoms with Crippen molar-refractivity contribution in [3.05, 3.63) is 60.3 Å². The third-order valence-corrected chi connectivity index (χ3v) is 4.06. The number of benzene rings is 1. The van der Waals surface area contributed by atoms with E-state index >= 15 is 0 Å². The van der Waals surface area contributed by atoms with E-state index in [0.717, 1.165) is 32.1 Å². The van der Waals surface area contributed by atoms with Crippen LogP contribution in [0.3, 0.4) is 0 Å². The Balaban J connectivity index is 1.41. The molecule has 0 bridgehead atoms.